The van der Waals surface area contributed by atoms with E-state index in [1.807, 2.05) is 73.6 Å². The number of amidine groups is 1. The van der Waals surface area contributed by atoms with Crippen LogP contribution in [-0.2, 0) is 0 Å². The van der Waals surface area contributed by atoms with Gasteiger partial charge in [-0.1, -0.05) is 77.8 Å². The highest BCUT2D eigenvalue weighted by atomic mass is 35.5. The summed E-state index contributed by atoms with van der Waals surface area (Å²) in [4.78, 5) is 21.1. The lowest BCUT2D eigenvalue weighted by molar-refractivity contribution is 0.176. The SMILES string of the molecule is CN1C(=NC(=O)Oc2ccccc2)C(c2ccccc2Cl)N(C)C1c1ccccc1Cl. The Hall–Kier alpha value is -2.86. The Kier molecular flexibility index (Phi) is 6.28. The van der Waals surface area contributed by atoms with Gasteiger partial charge in [-0.2, -0.15) is 4.99 Å². The molecule has 7 heteroatoms. The molecule has 158 valence electrons. The van der Waals surface area contributed by atoms with E-state index in [4.69, 9.17) is 27.9 Å². The van der Waals surface area contributed by atoms with Crippen molar-refractivity contribution >= 4 is 35.1 Å². The number of halogens is 2. The second-order valence-electron chi connectivity index (χ2n) is 7.25. The van der Waals surface area contributed by atoms with Gasteiger partial charge in [0.2, 0.25) is 0 Å². The maximum atomic E-state index is 12.7. The van der Waals surface area contributed by atoms with Crippen molar-refractivity contribution in [2.24, 2.45) is 4.99 Å². The number of hydrogen-bond acceptors (Lipinski definition) is 3. The molecule has 4 rings (SSSR count). The molecule has 1 aliphatic rings. The number of amides is 1. The van der Waals surface area contributed by atoms with Gasteiger partial charge >= 0.3 is 6.09 Å². The summed E-state index contributed by atoms with van der Waals surface area (Å²) in [5.74, 6) is 0.962. The first-order valence-corrected chi connectivity index (χ1v) is 10.5. The van der Waals surface area contributed by atoms with Crippen LogP contribution in [-0.4, -0.2) is 35.8 Å². The molecule has 0 aromatic heterocycles. The largest absolute Gasteiger partial charge is 0.440 e. The summed E-state index contributed by atoms with van der Waals surface area (Å²) < 4.78 is 5.41. The first kappa shape index (κ1) is 21.4. The molecular weight excluding hydrogens is 433 g/mol. The Morgan fingerprint density at radius 2 is 1.39 bits per heavy atom. The highest BCUT2D eigenvalue weighted by molar-refractivity contribution is 6.32. The van der Waals surface area contributed by atoms with Crippen LogP contribution >= 0.6 is 23.2 Å². The zero-order chi connectivity index (χ0) is 22.0. The van der Waals surface area contributed by atoms with Crippen LogP contribution in [0, 0.1) is 0 Å². The molecule has 1 amide bonds. The first-order valence-electron chi connectivity index (χ1n) is 9.76. The molecule has 1 saturated heterocycles. The van der Waals surface area contributed by atoms with E-state index in [9.17, 15) is 4.79 Å². The van der Waals surface area contributed by atoms with E-state index >= 15 is 0 Å². The molecule has 5 nitrogen and oxygen atoms in total. The Morgan fingerprint density at radius 1 is 0.839 bits per heavy atom. The molecule has 0 saturated carbocycles. The summed E-state index contributed by atoms with van der Waals surface area (Å²) in [6.45, 7) is 0. The number of carbonyl (C=O) groups excluding carboxylic acids is 1. The number of hydrogen-bond donors (Lipinski definition) is 0. The van der Waals surface area contributed by atoms with Gasteiger partial charge in [0.05, 0.1) is 6.04 Å². The molecule has 0 aliphatic carbocycles. The molecule has 3 aromatic rings. The van der Waals surface area contributed by atoms with E-state index in [0.717, 1.165) is 11.1 Å². The molecule has 0 spiro atoms. The highest BCUT2D eigenvalue weighted by Gasteiger charge is 2.43. The molecule has 2 atom stereocenters. The molecule has 0 bridgehead atoms. The fourth-order valence-corrected chi connectivity index (χ4v) is 4.40. The molecule has 0 radical (unpaired) electrons. The van der Waals surface area contributed by atoms with Crippen LogP contribution in [0.4, 0.5) is 4.79 Å². The van der Waals surface area contributed by atoms with Crippen molar-refractivity contribution in [1.29, 1.82) is 0 Å². The van der Waals surface area contributed by atoms with Crippen molar-refractivity contribution < 1.29 is 9.53 Å². The Bertz CT molecular complexity index is 1120. The molecule has 0 N–H and O–H groups in total. The third kappa shape index (κ3) is 4.30. The zero-order valence-electron chi connectivity index (χ0n) is 17.1. The summed E-state index contributed by atoms with van der Waals surface area (Å²) >= 11 is 13.0. The van der Waals surface area contributed by atoms with E-state index in [2.05, 4.69) is 9.89 Å². The number of aliphatic imine (C=N–C) groups is 1. The van der Waals surface area contributed by atoms with Crippen LogP contribution in [0.2, 0.25) is 10.0 Å². The Labute approximate surface area is 191 Å². The standard InChI is InChI=1S/C24H21Cl2N3O2/c1-28-21(17-12-6-8-14-19(17)25)22(27-24(30)31-16-10-4-3-5-11-16)29(2)23(28)18-13-7-9-15-20(18)26/h3-15,21,23H,1-2H3. The van der Waals surface area contributed by atoms with Gasteiger partial charge in [0.1, 0.15) is 17.8 Å². The van der Waals surface area contributed by atoms with Crippen molar-refractivity contribution in [3.63, 3.8) is 0 Å². The lowest BCUT2D eigenvalue weighted by atomic mass is 10.1. The second-order valence-corrected chi connectivity index (χ2v) is 8.06. The van der Waals surface area contributed by atoms with E-state index in [1.54, 1.807) is 24.3 Å². The van der Waals surface area contributed by atoms with Crippen LogP contribution in [0.15, 0.2) is 83.9 Å². The molecule has 1 heterocycles. The molecule has 31 heavy (non-hydrogen) atoms. The smallest absolute Gasteiger partial charge is 0.409 e. The van der Waals surface area contributed by atoms with Gasteiger partial charge in [0, 0.05) is 22.7 Å². The topological polar surface area (TPSA) is 45.1 Å². The number of likely N-dealkylation sites (N-methyl/N-ethyl adjacent to an activating group) is 2. The van der Waals surface area contributed by atoms with Gasteiger partial charge in [-0.25, -0.2) is 4.79 Å². The minimum absolute atomic E-state index is 0.238. The molecule has 1 aliphatic heterocycles. The van der Waals surface area contributed by atoms with Gasteiger partial charge in [-0.3, -0.25) is 4.90 Å². The number of nitrogens with zero attached hydrogens (tertiary/aromatic N) is 3. The van der Waals surface area contributed by atoms with E-state index in [0.29, 0.717) is 21.6 Å². The average Bonchev–Trinajstić information content (AvgIpc) is 2.99. The summed E-state index contributed by atoms with van der Waals surface area (Å²) in [7, 11) is 3.85. The van der Waals surface area contributed by atoms with Crippen molar-refractivity contribution in [2.45, 2.75) is 12.2 Å². The van der Waals surface area contributed by atoms with Gasteiger partial charge in [-0.15, -0.1) is 0 Å². The Balaban J connectivity index is 1.77. The molecular formula is C24H21Cl2N3O2. The summed E-state index contributed by atoms with van der Waals surface area (Å²) in [6.07, 6.45) is -0.934. The monoisotopic (exact) mass is 453 g/mol. The normalized spacial score (nSPS) is 20.3. The molecule has 1 fully saturated rings. The number of rotatable bonds is 3. The van der Waals surface area contributed by atoms with Crippen LogP contribution in [0.25, 0.3) is 0 Å². The summed E-state index contributed by atoms with van der Waals surface area (Å²) in [5, 5.41) is 1.23. The lowest BCUT2D eigenvalue weighted by Gasteiger charge is -2.28. The first-order chi connectivity index (χ1) is 15.0. The van der Waals surface area contributed by atoms with Gasteiger partial charge in [0.15, 0.2) is 0 Å². The predicted molar refractivity (Wildman–Crippen MR) is 124 cm³/mol. The maximum Gasteiger partial charge on any atom is 0.440 e. The average molecular weight is 454 g/mol. The quantitative estimate of drug-likeness (QED) is 0.472. The number of ether oxygens (including phenoxy) is 1. The Morgan fingerprint density at radius 3 is 2.00 bits per heavy atom. The lowest BCUT2D eigenvalue weighted by Crippen LogP contribution is -2.27. The van der Waals surface area contributed by atoms with Crippen LogP contribution in [0.3, 0.4) is 0 Å². The van der Waals surface area contributed by atoms with Crippen LogP contribution in [0.1, 0.15) is 23.3 Å². The number of benzene rings is 3. The maximum absolute atomic E-state index is 12.7. The van der Waals surface area contributed by atoms with Gasteiger partial charge in [0.25, 0.3) is 0 Å². The van der Waals surface area contributed by atoms with Gasteiger partial charge in [-0.05, 0) is 36.9 Å². The number of carbonyl (C=O) groups is 1. The molecule has 3 aromatic carbocycles. The third-order valence-electron chi connectivity index (χ3n) is 5.30. The zero-order valence-corrected chi connectivity index (χ0v) is 18.6. The van der Waals surface area contributed by atoms with E-state index in [1.165, 1.54) is 0 Å². The van der Waals surface area contributed by atoms with Crippen molar-refractivity contribution in [3.05, 3.63) is 100 Å². The van der Waals surface area contributed by atoms with Gasteiger partial charge < -0.3 is 9.64 Å². The third-order valence-corrected chi connectivity index (χ3v) is 5.99. The van der Waals surface area contributed by atoms with E-state index in [-0.39, 0.29) is 12.2 Å². The fraction of sp³-hybridized carbons (Fsp3) is 0.167. The van der Waals surface area contributed by atoms with E-state index < -0.39 is 6.09 Å². The summed E-state index contributed by atoms with van der Waals surface area (Å²) in [5.41, 5.74) is 1.76. The van der Waals surface area contributed by atoms with Crippen LogP contribution in [0.5, 0.6) is 5.75 Å². The highest BCUT2D eigenvalue weighted by Crippen LogP contribution is 2.43. The summed E-state index contributed by atoms with van der Waals surface area (Å²) in [6, 6.07) is 23.7. The minimum atomic E-state index is -0.696. The fourth-order valence-electron chi connectivity index (χ4n) is 3.93. The second kappa shape index (κ2) is 9.10. The van der Waals surface area contributed by atoms with Crippen LogP contribution < -0.4 is 4.74 Å². The van der Waals surface area contributed by atoms with Crippen molar-refractivity contribution in [1.82, 2.24) is 9.80 Å². The van der Waals surface area contributed by atoms with Crippen molar-refractivity contribution in [2.75, 3.05) is 14.1 Å². The minimum Gasteiger partial charge on any atom is -0.409 e. The molecule has 2 unspecified atom stereocenters. The van der Waals surface area contributed by atoms with Crippen molar-refractivity contribution in [3.8, 4) is 5.75 Å². The predicted octanol–water partition coefficient (Wildman–Crippen LogP) is 6.21. The number of para-hydroxylation sites is 1.